The van der Waals surface area contributed by atoms with Crippen molar-refractivity contribution in [1.82, 2.24) is 9.29 Å². The Bertz CT molecular complexity index is 556. The lowest BCUT2D eigenvalue weighted by Gasteiger charge is -2.18. The van der Waals surface area contributed by atoms with Gasteiger partial charge in [0.1, 0.15) is 10.6 Å². The highest BCUT2D eigenvalue weighted by Gasteiger charge is 2.30. The number of H-pyrrole nitrogens is 1. The van der Waals surface area contributed by atoms with E-state index in [0.717, 1.165) is 0 Å². The molecule has 0 radical (unpaired) electrons. The zero-order valence-electron chi connectivity index (χ0n) is 10.9. The van der Waals surface area contributed by atoms with Gasteiger partial charge in [-0.1, -0.05) is 13.8 Å². The van der Waals surface area contributed by atoms with E-state index in [0.29, 0.717) is 18.8 Å². The quantitative estimate of drug-likeness (QED) is 0.848. The summed E-state index contributed by atoms with van der Waals surface area (Å²) < 4.78 is 26.1. The summed E-state index contributed by atoms with van der Waals surface area (Å²) in [4.78, 5) is 13.7. The minimum atomic E-state index is -3.64. The maximum Gasteiger partial charge on any atom is 0.352 e. The maximum absolute atomic E-state index is 12.4. The normalized spacial score (nSPS) is 12.1. The van der Waals surface area contributed by atoms with Crippen LogP contribution in [0, 0.1) is 13.8 Å². The van der Waals surface area contributed by atoms with Crippen LogP contribution in [0.2, 0.25) is 0 Å². The van der Waals surface area contributed by atoms with Crippen molar-refractivity contribution in [1.29, 1.82) is 0 Å². The monoisotopic (exact) mass is 274 g/mol. The Morgan fingerprint density at radius 3 is 2.11 bits per heavy atom. The highest BCUT2D eigenvalue weighted by molar-refractivity contribution is 7.89. The van der Waals surface area contributed by atoms with E-state index < -0.39 is 16.0 Å². The number of aromatic carboxylic acids is 1. The van der Waals surface area contributed by atoms with Crippen LogP contribution in [-0.2, 0) is 10.0 Å². The number of nitrogens with zero attached hydrogens (tertiary/aromatic N) is 1. The van der Waals surface area contributed by atoms with Gasteiger partial charge in [0.25, 0.3) is 0 Å². The van der Waals surface area contributed by atoms with Crippen LogP contribution in [0.4, 0.5) is 0 Å². The molecular formula is C11H18N2O4S. The lowest BCUT2D eigenvalue weighted by Crippen LogP contribution is -2.31. The van der Waals surface area contributed by atoms with Crippen molar-refractivity contribution in [3.8, 4) is 0 Å². The summed E-state index contributed by atoms with van der Waals surface area (Å²) in [6.07, 6.45) is 0. The van der Waals surface area contributed by atoms with Gasteiger partial charge >= 0.3 is 5.97 Å². The highest BCUT2D eigenvalue weighted by Crippen LogP contribution is 2.26. The van der Waals surface area contributed by atoms with E-state index in [1.807, 2.05) is 0 Å². The smallest absolute Gasteiger partial charge is 0.352 e. The number of carboxylic acids is 1. The first-order valence-corrected chi connectivity index (χ1v) is 7.13. The molecule has 0 spiro atoms. The van der Waals surface area contributed by atoms with Crippen LogP contribution >= 0.6 is 0 Å². The Kier molecular flexibility index (Phi) is 4.18. The van der Waals surface area contributed by atoms with E-state index in [4.69, 9.17) is 5.11 Å². The van der Waals surface area contributed by atoms with E-state index in [9.17, 15) is 13.2 Å². The summed E-state index contributed by atoms with van der Waals surface area (Å²) >= 11 is 0. The molecule has 18 heavy (non-hydrogen) atoms. The Balaban J connectivity index is 3.47. The summed E-state index contributed by atoms with van der Waals surface area (Å²) in [6.45, 7) is 7.27. The molecule has 0 saturated heterocycles. The average Bonchev–Trinajstić information content (AvgIpc) is 2.56. The van der Waals surface area contributed by atoms with Gasteiger partial charge in [0, 0.05) is 24.3 Å². The summed E-state index contributed by atoms with van der Waals surface area (Å²) in [6, 6.07) is 0. The van der Waals surface area contributed by atoms with Crippen molar-refractivity contribution in [2.45, 2.75) is 32.6 Å². The highest BCUT2D eigenvalue weighted by atomic mass is 32.2. The molecule has 0 atom stereocenters. The molecule has 1 aromatic heterocycles. The van der Waals surface area contributed by atoms with Crippen LogP contribution in [0.25, 0.3) is 0 Å². The number of hydrogen-bond acceptors (Lipinski definition) is 3. The molecule has 2 N–H and O–H groups in total. The second-order valence-electron chi connectivity index (χ2n) is 3.97. The minimum Gasteiger partial charge on any atom is -0.477 e. The fraction of sp³-hybridized carbons (Fsp3) is 0.545. The van der Waals surface area contributed by atoms with Crippen LogP contribution in [0.15, 0.2) is 4.90 Å². The SMILES string of the molecule is CCN(CC)S(=O)(=O)c1c(C)[nH]c(C(=O)O)c1C. The first-order chi connectivity index (χ1) is 8.27. The molecule has 7 heteroatoms. The molecule has 1 aromatic rings. The molecule has 0 amide bonds. The predicted octanol–water partition coefficient (Wildman–Crippen LogP) is 1.36. The Morgan fingerprint density at radius 2 is 1.78 bits per heavy atom. The summed E-state index contributed by atoms with van der Waals surface area (Å²) in [7, 11) is -3.64. The molecular weight excluding hydrogens is 256 g/mol. The number of sulfonamides is 1. The van der Waals surface area contributed by atoms with Gasteiger partial charge in [-0.2, -0.15) is 4.31 Å². The number of aromatic amines is 1. The van der Waals surface area contributed by atoms with Crippen molar-refractivity contribution < 1.29 is 18.3 Å². The Labute approximate surface area is 107 Å². The fourth-order valence-corrected chi connectivity index (χ4v) is 3.89. The molecule has 0 aliphatic rings. The maximum atomic E-state index is 12.4. The van der Waals surface area contributed by atoms with Crippen molar-refractivity contribution >= 4 is 16.0 Å². The Hall–Kier alpha value is -1.34. The third-order valence-corrected chi connectivity index (χ3v) is 5.21. The number of hydrogen-bond donors (Lipinski definition) is 2. The zero-order chi connectivity index (χ0) is 14.1. The number of carbonyl (C=O) groups is 1. The topological polar surface area (TPSA) is 90.5 Å². The lowest BCUT2D eigenvalue weighted by molar-refractivity contribution is 0.0690. The molecule has 0 fully saturated rings. The van der Waals surface area contributed by atoms with Crippen molar-refractivity contribution in [2.24, 2.45) is 0 Å². The standard InChI is InChI=1S/C11H18N2O4S/c1-5-13(6-2)18(16,17)10-7(3)9(11(14)15)12-8(10)4/h12H,5-6H2,1-4H3,(H,14,15). The second kappa shape index (κ2) is 5.11. The number of rotatable bonds is 5. The molecule has 0 aliphatic heterocycles. The first-order valence-electron chi connectivity index (χ1n) is 5.69. The van der Waals surface area contributed by atoms with Gasteiger partial charge < -0.3 is 10.1 Å². The average molecular weight is 274 g/mol. The number of carboxylic acid groups (broad SMARTS) is 1. The summed E-state index contributed by atoms with van der Waals surface area (Å²) in [5.41, 5.74) is 0.543. The number of nitrogens with one attached hydrogen (secondary N) is 1. The lowest BCUT2D eigenvalue weighted by atomic mass is 10.2. The van der Waals surface area contributed by atoms with E-state index in [2.05, 4.69) is 4.98 Å². The predicted molar refractivity (Wildman–Crippen MR) is 67.3 cm³/mol. The molecule has 6 nitrogen and oxygen atoms in total. The molecule has 0 unspecified atom stereocenters. The van der Waals surface area contributed by atoms with Crippen molar-refractivity contribution in [3.05, 3.63) is 17.0 Å². The minimum absolute atomic E-state index is 0.0711. The molecule has 0 bridgehead atoms. The van der Waals surface area contributed by atoms with Crippen LogP contribution in [0.3, 0.4) is 0 Å². The van der Waals surface area contributed by atoms with E-state index in [1.54, 1.807) is 20.8 Å². The second-order valence-corrected chi connectivity index (χ2v) is 5.85. The molecule has 0 saturated carbocycles. The molecule has 1 heterocycles. The largest absolute Gasteiger partial charge is 0.477 e. The van der Waals surface area contributed by atoms with Crippen LogP contribution in [0.1, 0.15) is 35.6 Å². The van der Waals surface area contributed by atoms with Gasteiger partial charge in [0.15, 0.2) is 0 Å². The molecule has 0 aromatic carbocycles. The van der Waals surface area contributed by atoms with Gasteiger partial charge in [-0.25, -0.2) is 13.2 Å². The number of aromatic nitrogens is 1. The zero-order valence-corrected chi connectivity index (χ0v) is 11.8. The van der Waals surface area contributed by atoms with Crippen molar-refractivity contribution in [2.75, 3.05) is 13.1 Å². The van der Waals surface area contributed by atoms with Crippen LogP contribution < -0.4 is 0 Å². The van der Waals surface area contributed by atoms with Crippen molar-refractivity contribution in [3.63, 3.8) is 0 Å². The van der Waals surface area contributed by atoms with E-state index >= 15 is 0 Å². The van der Waals surface area contributed by atoms with Gasteiger partial charge in [0.05, 0.1) is 0 Å². The third-order valence-electron chi connectivity index (χ3n) is 2.89. The summed E-state index contributed by atoms with van der Waals surface area (Å²) in [5.74, 6) is -1.16. The molecule has 102 valence electrons. The van der Waals surface area contributed by atoms with Gasteiger partial charge in [-0.15, -0.1) is 0 Å². The van der Waals surface area contributed by atoms with Gasteiger partial charge in [-0.3, -0.25) is 0 Å². The Morgan fingerprint density at radius 1 is 1.28 bits per heavy atom. The van der Waals surface area contributed by atoms with Crippen LogP contribution in [0.5, 0.6) is 0 Å². The fourth-order valence-electron chi connectivity index (χ4n) is 2.03. The van der Waals surface area contributed by atoms with Crippen LogP contribution in [-0.4, -0.2) is 41.9 Å². The van der Waals surface area contributed by atoms with E-state index in [1.165, 1.54) is 11.2 Å². The first kappa shape index (κ1) is 14.7. The van der Waals surface area contributed by atoms with Gasteiger partial charge in [0.2, 0.25) is 10.0 Å². The van der Waals surface area contributed by atoms with Gasteiger partial charge in [-0.05, 0) is 13.8 Å². The summed E-state index contributed by atoms with van der Waals surface area (Å²) in [5, 5.41) is 8.98. The van der Waals surface area contributed by atoms with E-state index in [-0.39, 0.29) is 16.2 Å². The number of aryl methyl sites for hydroxylation is 1. The molecule has 0 aliphatic carbocycles. The molecule has 1 rings (SSSR count). The third kappa shape index (κ3) is 2.28.